The van der Waals surface area contributed by atoms with Crippen molar-refractivity contribution in [3.63, 3.8) is 0 Å². The molecule has 3 rings (SSSR count). The highest BCUT2D eigenvalue weighted by molar-refractivity contribution is 9.10. The molecular weight excluding hydrogens is 326 g/mol. The Balaban J connectivity index is 1.80. The van der Waals surface area contributed by atoms with Crippen LogP contribution in [0.15, 0.2) is 46.9 Å². The molecule has 1 atom stereocenters. The van der Waals surface area contributed by atoms with Crippen LogP contribution >= 0.6 is 15.9 Å². The summed E-state index contributed by atoms with van der Waals surface area (Å²) in [4.78, 5) is 0. The van der Waals surface area contributed by atoms with Gasteiger partial charge in [-0.25, -0.2) is 0 Å². The molecule has 3 heteroatoms. The summed E-state index contributed by atoms with van der Waals surface area (Å²) < 4.78 is 7.18. The van der Waals surface area contributed by atoms with Crippen molar-refractivity contribution in [3.05, 3.63) is 63.6 Å². The molecule has 110 valence electrons. The van der Waals surface area contributed by atoms with Gasteiger partial charge in [0.2, 0.25) is 0 Å². The van der Waals surface area contributed by atoms with Gasteiger partial charge in [-0.1, -0.05) is 40.2 Å². The molecule has 1 aliphatic rings. The molecule has 0 fully saturated rings. The zero-order valence-corrected chi connectivity index (χ0v) is 13.8. The van der Waals surface area contributed by atoms with Gasteiger partial charge >= 0.3 is 0 Å². The number of hydrogen-bond acceptors (Lipinski definition) is 2. The molecule has 0 radical (unpaired) electrons. The quantitative estimate of drug-likeness (QED) is 0.872. The van der Waals surface area contributed by atoms with Crippen molar-refractivity contribution in [2.24, 2.45) is 0 Å². The van der Waals surface area contributed by atoms with E-state index in [0.29, 0.717) is 12.6 Å². The topological polar surface area (TPSA) is 21.3 Å². The van der Waals surface area contributed by atoms with Crippen LogP contribution in [-0.4, -0.2) is 7.05 Å². The normalized spacial score (nSPS) is 17.3. The molecule has 0 spiro atoms. The third kappa shape index (κ3) is 3.30. The van der Waals surface area contributed by atoms with Crippen molar-refractivity contribution in [1.82, 2.24) is 5.32 Å². The number of nitrogens with one attached hydrogen (secondary N) is 1. The highest BCUT2D eigenvalue weighted by Crippen LogP contribution is 2.35. The Morgan fingerprint density at radius 3 is 2.90 bits per heavy atom. The highest BCUT2D eigenvalue weighted by atomic mass is 79.9. The van der Waals surface area contributed by atoms with Gasteiger partial charge in [-0.2, -0.15) is 0 Å². The summed E-state index contributed by atoms with van der Waals surface area (Å²) in [6.45, 7) is 0.611. The number of benzene rings is 2. The fourth-order valence-corrected chi connectivity index (χ4v) is 3.48. The molecule has 0 heterocycles. The van der Waals surface area contributed by atoms with Gasteiger partial charge < -0.3 is 10.1 Å². The van der Waals surface area contributed by atoms with E-state index in [1.807, 2.05) is 19.2 Å². The minimum Gasteiger partial charge on any atom is -0.489 e. The van der Waals surface area contributed by atoms with Crippen LogP contribution in [0.3, 0.4) is 0 Å². The summed E-state index contributed by atoms with van der Waals surface area (Å²) in [5.41, 5.74) is 3.96. The lowest BCUT2D eigenvalue weighted by molar-refractivity contribution is 0.299. The fraction of sp³-hybridized carbons (Fsp3) is 0.333. The van der Waals surface area contributed by atoms with Gasteiger partial charge in [-0.05, 0) is 61.2 Å². The Hall–Kier alpha value is -1.32. The lowest BCUT2D eigenvalue weighted by atomic mass is 9.87. The van der Waals surface area contributed by atoms with Crippen molar-refractivity contribution < 1.29 is 4.74 Å². The summed E-state index contributed by atoms with van der Waals surface area (Å²) >= 11 is 3.50. The first-order valence-corrected chi connectivity index (χ1v) is 8.23. The number of rotatable bonds is 4. The van der Waals surface area contributed by atoms with Crippen LogP contribution < -0.4 is 10.1 Å². The van der Waals surface area contributed by atoms with Crippen LogP contribution in [0, 0.1) is 0 Å². The molecule has 2 aromatic rings. The molecule has 0 aromatic heterocycles. The first-order valence-electron chi connectivity index (χ1n) is 7.44. The molecule has 0 saturated heterocycles. The molecule has 0 saturated carbocycles. The maximum absolute atomic E-state index is 6.09. The van der Waals surface area contributed by atoms with Crippen LogP contribution in [-0.2, 0) is 13.0 Å². The monoisotopic (exact) mass is 345 g/mol. The molecule has 0 bridgehead atoms. The average Bonchev–Trinajstić information content (AvgIpc) is 2.52. The zero-order valence-electron chi connectivity index (χ0n) is 12.2. The summed E-state index contributed by atoms with van der Waals surface area (Å²) in [7, 11) is 2.04. The number of halogens is 1. The van der Waals surface area contributed by atoms with E-state index in [-0.39, 0.29) is 0 Å². The van der Waals surface area contributed by atoms with Crippen molar-refractivity contribution in [3.8, 4) is 5.75 Å². The first-order chi connectivity index (χ1) is 10.3. The van der Waals surface area contributed by atoms with Crippen molar-refractivity contribution in [1.29, 1.82) is 0 Å². The Morgan fingerprint density at radius 1 is 1.24 bits per heavy atom. The van der Waals surface area contributed by atoms with Crippen molar-refractivity contribution in [2.45, 2.75) is 31.9 Å². The van der Waals surface area contributed by atoms with E-state index in [9.17, 15) is 0 Å². The van der Waals surface area contributed by atoms with Crippen LogP contribution in [0.4, 0.5) is 0 Å². The van der Waals surface area contributed by atoms with Crippen molar-refractivity contribution >= 4 is 15.9 Å². The van der Waals surface area contributed by atoms with E-state index in [1.54, 1.807) is 0 Å². The second-order valence-corrected chi connectivity index (χ2v) is 6.39. The smallest absolute Gasteiger partial charge is 0.123 e. The average molecular weight is 346 g/mol. The lowest BCUT2D eigenvalue weighted by Gasteiger charge is -2.26. The zero-order chi connectivity index (χ0) is 14.7. The third-order valence-electron chi connectivity index (χ3n) is 4.10. The highest BCUT2D eigenvalue weighted by Gasteiger charge is 2.21. The van der Waals surface area contributed by atoms with Gasteiger partial charge in [-0.15, -0.1) is 0 Å². The molecular formula is C18H20BrNO. The molecule has 2 nitrogen and oxygen atoms in total. The third-order valence-corrected chi connectivity index (χ3v) is 4.59. The molecule has 0 amide bonds. The molecule has 2 aromatic carbocycles. The van der Waals surface area contributed by atoms with Gasteiger partial charge in [0.25, 0.3) is 0 Å². The largest absolute Gasteiger partial charge is 0.489 e. The van der Waals surface area contributed by atoms with Gasteiger partial charge in [0.1, 0.15) is 12.4 Å². The first kappa shape index (κ1) is 14.6. The Morgan fingerprint density at radius 2 is 2.10 bits per heavy atom. The van der Waals surface area contributed by atoms with Gasteiger partial charge in [0.05, 0.1) is 0 Å². The van der Waals surface area contributed by atoms with E-state index < -0.39 is 0 Å². The second kappa shape index (κ2) is 6.63. The van der Waals surface area contributed by atoms with Gasteiger partial charge in [-0.3, -0.25) is 0 Å². The summed E-state index contributed by atoms with van der Waals surface area (Å²) in [6, 6.07) is 15.2. The van der Waals surface area contributed by atoms with Crippen molar-refractivity contribution in [2.75, 3.05) is 7.05 Å². The van der Waals surface area contributed by atoms with E-state index in [0.717, 1.165) is 16.6 Å². The SMILES string of the molecule is CNC1CCCc2c(OCc3cccc(Br)c3)cccc21. The van der Waals surface area contributed by atoms with E-state index >= 15 is 0 Å². The summed E-state index contributed by atoms with van der Waals surface area (Å²) in [5, 5.41) is 3.41. The molecule has 21 heavy (non-hydrogen) atoms. The van der Waals surface area contributed by atoms with E-state index in [2.05, 4.69) is 51.6 Å². The molecule has 0 aliphatic heterocycles. The van der Waals surface area contributed by atoms with Crippen LogP contribution in [0.5, 0.6) is 5.75 Å². The maximum Gasteiger partial charge on any atom is 0.123 e. The summed E-state index contributed by atoms with van der Waals surface area (Å²) in [6.07, 6.45) is 3.54. The van der Waals surface area contributed by atoms with Crippen LogP contribution in [0.1, 0.15) is 35.6 Å². The fourth-order valence-electron chi connectivity index (χ4n) is 3.04. The summed E-state index contributed by atoms with van der Waals surface area (Å²) in [5.74, 6) is 1.03. The molecule has 1 aliphatic carbocycles. The minimum absolute atomic E-state index is 0.461. The minimum atomic E-state index is 0.461. The number of ether oxygens (including phenoxy) is 1. The standard InChI is InChI=1S/C18H20BrNO/c1-20-17-9-3-8-16-15(17)7-4-10-18(16)21-12-13-5-2-6-14(19)11-13/h2,4-7,10-11,17,20H,3,8-9,12H2,1H3. The Bertz CT molecular complexity index is 626. The lowest BCUT2D eigenvalue weighted by Crippen LogP contribution is -2.22. The predicted molar refractivity (Wildman–Crippen MR) is 89.7 cm³/mol. The van der Waals surface area contributed by atoms with Gasteiger partial charge in [0, 0.05) is 10.5 Å². The molecule has 1 unspecified atom stereocenters. The maximum atomic E-state index is 6.09. The second-order valence-electron chi connectivity index (χ2n) is 5.48. The van der Waals surface area contributed by atoms with E-state index in [4.69, 9.17) is 4.74 Å². The van der Waals surface area contributed by atoms with E-state index in [1.165, 1.54) is 29.5 Å². The number of hydrogen-bond donors (Lipinski definition) is 1. The number of fused-ring (bicyclic) bond motifs is 1. The predicted octanol–water partition coefficient (Wildman–Crippen LogP) is 4.62. The van der Waals surface area contributed by atoms with Gasteiger partial charge in [0.15, 0.2) is 0 Å². The Kier molecular flexibility index (Phi) is 4.61. The molecule has 1 N–H and O–H groups in total. The Labute approximate surface area is 134 Å². The van der Waals surface area contributed by atoms with Crippen LogP contribution in [0.25, 0.3) is 0 Å². The van der Waals surface area contributed by atoms with Crippen LogP contribution in [0.2, 0.25) is 0 Å².